The average molecular weight is 238 g/mol. The first-order valence-electron chi connectivity index (χ1n) is 4.62. The molecule has 0 amide bonds. The molecule has 1 saturated heterocycles. The lowest BCUT2D eigenvalue weighted by Crippen LogP contribution is -2.25. The zero-order valence-corrected chi connectivity index (χ0v) is 8.68. The zero-order valence-electron chi connectivity index (χ0n) is 7.92. The SMILES string of the molecule is FC1(F)CCN(c2nnc(CCCl)o2)C1. The maximum atomic E-state index is 12.9. The summed E-state index contributed by atoms with van der Waals surface area (Å²) in [4.78, 5) is 1.39. The molecule has 2 heterocycles. The topological polar surface area (TPSA) is 42.2 Å². The van der Waals surface area contributed by atoms with Gasteiger partial charge in [-0.2, -0.15) is 0 Å². The van der Waals surface area contributed by atoms with Crippen LogP contribution < -0.4 is 4.90 Å². The fraction of sp³-hybridized carbons (Fsp3) is 0.750. The lowest BCUT2D eigenvalue weighted by atomic mass is 10.3. The molecule has 15 heavy (non-hydrogen) atoms. The Kier molecular flexibility index (Phi) is 2.77. The molecule has 0 bridgehead atoms. The van der Waals surface area contributed by atoms with Gasteiger partial charge in [-0.05, 0) is 0 Å². The van der Waals surface area contributed by atoms with Crippen LogP contribution >= 0.6 is 11.6 Å². The van der Waals surface area contributed by atoms with E-state index in [-0.39, 0.29) is 25.5 Å². The van der Waals surface area contributed by atoms with Gasteiger partial charge in [-0.25, -0.2) is 8.78 Å². The lowest BCUT2D eigenvalue weighted by Gasteiger charge is -2.11. The van der Waals surface area contributed by atoms with Gasteiger partial charge in [0.1, 0.15) is 0 Å². The van der Waals surface area contributed by atoms with Crippen LogP contribution in [-0.2, 0) is 6.42 Å². The summed E-state index contributed by atoms with van der Waals surface area (Å²) in [5.74, 6) is -1.89. The molecule has 0 radical (unpaired) electrons. The van der Waals surface area contributed by atoms with Crippen LogP contribution in [0, 0.1) is 0 Å². The molecule has 0 aliphatic carbocycles. The van der Waals surface area contributed by atoms with Crippen LogP contribution in [0.5, 0.6) is 0 Å². The average Bonchev–Trinajstić information content (AvgIpc) is 2.73. The van der Waals surface area contributed by atoms with Crippen LogP contribution in [0.3, 0.4) is 0 Å². The minimum atomic E-state index is -2.65. The van der Waals surface area contributed by atoms with Crippen LogP contribution in [0.15, 0.2) is 4.42 Å². The molecule has 7 heteroatoms. The first kappa shape index (κ1) is 10.6. The third kappa shape index (κ3) is 2.37. The van der Waals surface area contributed by atoms with E-state index in [2.05, 4.69) is 10.2 Å². The first-order valence-corrected chi connectivity index (χ1v) is 5.15. The molecular formula is C8H10ClF2N3O. The Morgan fingerprint density at radius 3 is 2.87 bits per heavy atom. The van der Waals surface area contributed by atoms with Crippen LogP contribution in [0.25, 0.3) is 0 Å². The molecule has 4 nitrogen and oxygen atoms in total. The Hall–Kier alpha value is -0.910. The molecule has 1 aromatic rings. The van der Waals surface area contributed by atoms with Crippen LogP contribution in [-0.4, -0.2) is 35.1 Å². The summed E-state index contributed by atoms with van der Waals surface area (Å²) in [5.41, 5.74) is 0. The van der Waals surface area contributed by atoms with Gasteiger partial charge in [0.2, 0.25) is 5.89 Å². The standard InChI is InChI=1S/C8H10ClF2N3O/c9-3-1-6-12-13-7(15-6)14-4-2-8(10,11)5-14/h1-5H2. The number of aryl methyl sites for hydroxylation is 1. The summed E-state index contributed by atoms with van der Waals surface area (Å²) in [5, 5.41) is 7.41. The van der Waals surface area contributed by atoms with Crippen molar-refractivity contribution in [2.45, 2.75) is 18.8 Å². The summed E-state index contributed by atoms with van der Waals surface area (Å²) < 4.78 is 31.0. The normalized spacial score (nSPS) is 19.8. The highest BCUT2D eigenvalue weighted by molar-refractivity contribution is 6.17. The Morgan fingerprint density at radius 1 is 1.47 bits per heavy atom. The van der Waals surface area contributed by atoms with E-state index in [0.717, 1.165) is 0 Å². The van der Waals surface area contributed by atoms with Crippen molar-refractivity contribution in [2.75, 3.05) is 23.9 Å². The molecule has 0 unspecified atom stereocenters. The molecular weight excluding hydrogens is 228 g/mol. The quantitative estimate of drug-likeness (QED) is 0.751. The molecule has 1 aromatic heterocycles. The van der Waals surface area contributed by atoms with E-state index >= 15 is 0 Å². The Bertz CT molecular complexity index is 344. The van der Waals surface area contributed by atoms with Crippen LogP contribution in [0.4, 0.5) is 14.8 Å². The van der Waals surface area contributed by atoms with Crippen molar-refractivity contribution in [1.82, 2.24) is 10.2 Å². The number of halogens is 3. The van der Waals surface area contributed by atoms with Gasteiger partial charge in [0.25, 0.3) is 5.92 Å². The zero-order chi connectivity index (χ0) is 10.9. The second-order valence-corrected chi connectivity index (χ2v) is 3.82. The molecule has 0 aromatic carbocycles. The van der Waals surface area contributed by atoms with Crippen molar-refractivity contribution in [3.8, 4) is 0 Å². The van der Waals surface area contributed by atoms with Gasteiger partial charge < -0.3 is 9.32 Å². The number of nitrogens with zero attached hydrogens (tertiary/aromatic N) is 3. The van der Waals surface area contributed by atoms with E-state index in [4.69, 9.17) is 16.0 Å². The monoisotopic (exact) mass is 237 g/mol. The molecule has 1 aliphatic rings. The largest absolute Gasteiger partial charge is 0.408 e. The highest BCUT2D eigenvalue weighted by Gasteiger charge is 2.40. The van der Waals surface area contributed by atoms with Gasteiger partial charge in [0.15, 0.2) is 0 Å². The van der Waals surface area contributed by atoms with Gasteiger partial charge in [-0.15, -0.1) is 16.7 Å². The molecule has 0 spiro atoms. The van der Waals surface area contributed by atoms with Crippen LogP contribution in [0.2, 0.25) is 0 Å². The number of aromatic nitrogens is 2. The summed E-state index contributed by atoms with van der Waals surface area (Å²) in [6.45, 7) is -0.106. The summed E-state index contributed by atoms with van der Waals surface area (Å²) >= 11 is 5.49. The van der Waals surface area contributed by atoms with Gasteiger partial charge >= 0.3 is 6.01 Å². The third-order valence-corrected chi connectivity index (χ3v) is 2.39. The van der Waals surface area contributed by atoms with Gasteiger partial charge in [-0.3, -0.25) is 0 Å². The molecule has 0 saturated carbocycles. The Morgan fingerprint density at radius 2 is 2.27 bits per heavy atom. The van der Waals surface area contributed by atoms with Crippen molar-refractivity contribution >= 4 is 17.6 Å². The Balaban J connectivity index is 2.04. The highest BCUT2D eigenvalue weighted by atomic mass is 35.5. The Labute approximate surface area is 90.2 Å². The summed E-state index contributed by atoms with van der Waals surface area (Å²) in [7, 11) is 0. The molecule has 1 fully saturated rings. The molecule has 2 rings (SSSR count). The van der Waals surface area contributed by atoms with E-state index in [0.29, 0.717) is 18.2 Å². The number of rotatable bonds is 3. The second kappa shape index (κ2) is 3.92. The third-order valence-electron chi connectivity index (χ3n) is 2.20. The maximum Gasteiger partial charge on any atom is 0.318 e. The van der Waals surface area contributed by atoms with E-state index in [1.54, 1.807) is 0 Å². The van der Waals surface area contributed by atoms with E-state index in [1.165, 1.54) is 4.90 Å². The van der Waals surface area contributed by atoms with Gasteiger partial charge in [0, 0.05) is 25.3 Å². The fourth-order valence-electron chi connectivity index (χ4n) is 1.45. The summed E-state index contributed by atoms with van der Waals surface area (Å²) in [6, 6.07) is 0.160. The maximum absolute atomic E-state index is 12.9. The van der Waals surface area contributed by atoms with Crippen molar-refractivity contribution in [3.05, 3.63) is 5.89 Å². The van der Waals surface area contributed by atoms with Gasteiger partial charge in [0.05, 0.1) is 6.54 Å². The molecule has 0 atom stereocenters. The first-order chi connectivity index (χ1) is 7.11. The predicted molar refractivity (Wildman–Crippen MR) is 50.5 cm³/mol. The van der Waals surface area contributed by atoms with Crippen LogP contribution in [0.1, 0.15) is 12.3 Å². The number of hydrogen-bond acceptors (Lipinski definition) is 4. The van der Waals surface area contributed by atoms with E-state index in [9.17, 15) is 8.78 Å². The fourth-order valence-corrected chi connectivity index (χ4v) is 1.62. The van der Waals surface area contributed by atoms with Crippen molar-refractivity contribution < 1.29 is 13.2 Å². The molecule has 1 aliphatic heterocycles. The number of anilines is 1. The second-order valence-electron chi connectivity index (χ2n) is 3.44. The predicted octanol–water partition coefficient (Wildman–Crippen LogP) is 1.70. The van der Waals surface area contributed by atoms with Gasteiger partial charge in [-0.1, -0.05) is 5.10 Å². The minimum absolute atomic E-state index is 0.160. The smallest absolute Gasteiger partial charge is 0.318 e. The van der Waals surface area contributed by atoms with E-state index in [1.807, 2.05) is 0 Å². The lowest BCUT2D eigenvalue weighted by molar-refractivity contribution is 0.0254. The number of alkyl halides is 3. The van der Waals surface area contributed by atoms with Crippen molar-refractivity contribution in [1.29, 1.82) is 0 Å². The number of hydrogen-bond donors (Lipinski definition) is 0. The highest BCUT2D eigenvalue weighted by Crippen LogP contribution is 2.29. The van der Waals surface area contributed by atoms with E-state index < -0.39 is 5.92 Å². The molecule has 84 valence electrons. The molecule has 0 N–H and O–H groups in total. The minimum Gasteiger partial charge on any atom is -0.408 e. The van der Waals surface area contributed by atoms with Crippen molar-refractivity contribution in [3.63, 3.8) is 0 Å². The van der Waals surface area contributed by atoms with Crippen molar-refractivity contribution in [2.24, 2.45) is 0 Å². The summed E-state index contributed by atoms with van der Waals surface area (Å²) in [6.07, 6.45) is 0.291.